The lowest BCUT2D eigenvalue weighted by atomic mass is 10.2. The zero-order chi connectivity index (χ0) is 15.8. The minimum Gasteiger partial charge on any atom is -0.463 e. The quantitative estimate of drug-likeness (QED) is 0.749. The molecule has 1 saturated heterocycles. The van der Waals surface area contributed by atoms with Crippen molar-refractivity contribution in [1.29, 1.82) is 0 Å². The smallest absolute Gasteiger partial charge is 0.305 e. The van der Waals surface area contributed by atoms with Crippen LogP contribution < -0.4 is 5.32 Å². The molecule has 1 aliphatic heterocycles. The highest BCUT2D eigenvalue weighted by molar-refractivity contribution is 9.10. The first-order chi connectivity index (χ1) is 10.6. The number of nitrogens with one attached hydrogen (secondary N) is 1. The molecule has 1 heterocycles. The van der Waals surface area contributed by atoms with E-state index in [1.165, 1.54) is 0 Å². The molecule has 1 unspecified atom stereocenters. The van der Waals surface area contributed by atoms with E-state index < -0.39 is 0 Å². The fourth-order valence-corrected chi connectivity index (χ4v) is 2.45. The fraction of sp³-hybridized carbons (Fsp3) is 0.500. The fourth-order valence-electron chi connectivity index (χ4n) is 2.18. The van der Waals surface area contributed by atoms with Crippen molar-refractivity contribution >= 4 is 33.5 Å². The number of esters is 1. The van der Waals surface area contributed by atoms with Crippen molar-refractivity contribution in [1.82, 2.24) is 0 Å². The number of halogens is 1. The van der Waals surface area contributed by atoms with Gasteiger partial charge in [0.1, 0.15) is 6.61 Å². The summed E-state index contributed by atoms with van der Waals surface area (Å²) in [7, 11) is 0. The number of hydrogen-bond donors (Lipinski definition) is 1. The van der Waals surface area contributed by atoms with Crippen molar-refractivity contribution in [3.05, 3.63) is 28.7 Å². The van der Waals surface area contributed by atoms with E-state index >= 15 is 0 Å². The second-order valence-corrected chi connectivity index (χ2v) is 6.14. The van der Waals surface area contributed by atoms with Gasteiger partial charge in [0.15, 0.2) is 0 Å². The van der Waals surface area contributed by atoms with Gasteiger partial charge in [0.25, 0.3) is 0 Å². The number of carbonyl (C=O) groups is 2. The highest BCUT2D eigenvalue weighted by Crippen LogP contribution is 2.15. The molecule has 1 aromatic rings. The van der Waals surface area contributed by atoms with Crippen molar-refractivity contribution in [3.63, 3.8) is 0 Å². The first-order valence-electron chi connectivity index (χ1n) is 7.46. The molecule has 5 nitrogen and oxygen atoms in total. The van der Waals surface area contributed by atoms with Crippen LogP contribution in [0.1, 0.15) is 32.1 Å². The number of carbonyl (C=O) groups excluding carboxylic acids is 2. The minimum atomic E-state index is -0.271. The number of anilines is 1. The number of hydrogen-bond acceptors (Lipinski definition) is 4. The number of amides is 1. The van der Waals surface area contributed by atoms with Crippen LogP contribution in [0.2, 0.25) is 0 Å². The lowest BCUT2D eigenvalue weighted by Gasteiger charge is -2.10. The summed E-state index contributed by atoms with van der Waals surface area (Å²) in [6.07, 6.45) is 3.05. The molecule has 1 N–H and O–H groups in total. The van der Waals surface area contributed by atoms with Gasteiger partial charge in [-0.05, 0) is 43.5 Å². The Hall–Kier alpha value is -1.40. The maximum absolute atomic E-state index is 11.8. The van der Waals surface area contributed by atoms with E-state index in [1.807, 2.05) is 24.3 Å². The molecule has 0 bridgehead atoms. The molecular formula is C16H20BrNO4. The zero-order valence-corrected chi connectivity index (χ0v) is 13.9. The third kappa shape index (κ3) is 6.15. The van der Waals surface area contributed by atoms with E-state index in [-0.39, 0.29) is 24.4 Å². The van der Waals surface area contributed by atoms with Crippen molar-refractivity contribution in [3.8, 4) is 0 Å². The SMILES string of the molecule is O=C(CCCC(=O)OCC1CCCO1)Nc1ccc(Br)cc1. The van der Waals surface area contributed by atoms with Gasteiger partial charge in [-0.25, -0.2) is 0 Å². The third-order valence-electron chi connectivity index (χ3n) is 3.37. The average molecular weight is 370 g/mol. The standard InChI is InChI=1S/C16H20BrNO4/c17-12-6-8-13(9-7-12)18-15(19)4-1-5-16(20)22-11-14-3-2-10-21-14/h6-9,14H,1-5,10-11H2,(H,18,19). The summed E-state index contributed by atoms with van der Waals surface area (Å²) in [5, 5.41) is 2.79. The monoisotopic (exact) mass is 369 g/mol. The zero-order valence-electron chi connectivity index (χ0n) is 12.3. The summed E-state index contributed by atoms with van der Waals surface area (Å²) < 4.78 is 11.5. The van der Waals surface area contributed by atoms with E-state index in [1.54, 1.807) is 0 Å². The van der Waals surface area contributed by atoms with E-state index in [9.17, 15) is 9.59 Å². The van der Waals surface area contributed by atoms with Gasteiger partial charge in [-0.2, -0.15) is 0 Å². The molecular weight excluding hydrogens is 350 g/mol. The molecule has 1 atom stereocenters. The maximum atomic E-state index is 11.8. The highest BCUT2D eigenvalue weighted by Gasteiger charge is 2.17. The van der Waals surface area contributed by atoms with Crippen molar-refractivity contribution in [2.24, 2.45) is 0 Å². The van der Waals surface area contributed by atoms with Gasteiger partial charge < -0.3 is 14.8 Å². The van der Waals surface area contributed by atoms with Gasteiger partial charge in [-0.1, -0.05) is 15.9 Å². The summed E-state index contributed by atoms with van der Waals surface area (Å²) in [5.74, 6) is -0.374. The summed E-state index contributed by atoms with van der Waals surface area (Å²) in [6, 6.07) is 7.35. The Balaban J connectivity index is 1.57. The maximum Gasteiger partial charge on any atom is 0.305 e. The number of ether oxygens (including phenoxy) is 2. The molecule has 1 aliphatic rings. The molecule has 0 spiro atoms. The van der Waals surface area contributed by atoms with E-state index in [2.05, 4.69) is 21.2 Å². The number of benzene rings is 1. The molecule has 6 heteroatoms. The minimum absolute atomic E-state index is 0.0460. The molecule has 0 radical (unpaired) electrons. The van der Waals surface area contributed by atoms with Gasteiger partial charge in [0.05, 0.1) is 6.10 Å². The van der Waals surface area contributed by atoms with Crippen LogP contribution in [0, 0.1) is 0 Å². The number of rotatable bonds is 7. The van der Waals surface area contributed by atoms with Gasteiger partial charge >= 0.3 is 5.97 Å². The largest absolute Gasteiger partial charge is 0.463 e. The first kappa shape index (κ1) is 17.0. The van der Waals surface area contributed by atoms with Gasteiger partial charge in [0.2, 0.25) is 5.91 Å². The Bertz CT molecular complexity index is 497. The summed E-state index contributed by atoms with van der Waals surface area (Å²) in [6.45, 7) is 1.07. The molecule has 120 valence electrons. The molecule has 0 aliphatic carbocycles. The van der Waals surface area contributed by atoms with E-state index in [0.29, 0.717) is 19.4 Å². The molecule has 2 rings (SSSR count). The van der Waals surface area contributed by atoms with Crippen LogP contribution in [-0.4, -0.2) is 31.2 Å². The van der Waals surface area contributed by atoms with Gasteiger partial charge in [-0.15, -0.1) is 0 Å². The Morgan fingerprint density at radius 2 is 2.05 bits per heavy atom. The predicted molar refractivity (Wildman–Crippen MR) is 86.6 cm³/mol. The molecule has 1 fully saturated rings. The predicted octanol–water partition coefficient (Wildman–Crippen LogP) is 3.28. The lowest BCUT2D eigenvalue weighted by molar-refractivity contribution is -0.147. The van der Waals surface area contributed by atoms with Crippen LogP contribution in [0.15, 0.2) is 28.7 Å². The Morgan fingerprint density at radius 1 is 1.27 bits per heavy atom. The van der Waals surface area contributed by atoms with E-state index in [4.69, 9.17) is 9.47 Å². The molecule has 22 heavy (non-hydrogen) atoms. The lowest BCUT2D eigenvalue weighted by Crippen LogP contribution is -2.18. The van der Waals surface area contributed by atoms with Crippen LogP contribution in [0.3, 0.4) is 0 Å². The van der Waals surface area contributed by atoms with Crippen LogP contribution in [-0.2, 0) is 19.1 Å². The van der Waals surface area contributed by atoms with Crippen molar-refractivity contribution < 1.29 is 19.1 Å². The van der Waals surface area contributed by atoms with E-state index in [0.717, 1.165) is 29.6 Å². The average Bonchev–Trinajstić information content (AvgIpc) is 3.01. The second-order valence-electron chi connectivity index (χ2n) is 5.23. The molecule has 1 amide bonds. The van der Waals surface area contributed by atoms with Crippen LogP contribution in [0.4, 0.5) is 5.69 Å². The van der Waals surface area contributed by atoms with Crippen molar-refractivity contribution in [2.45, 2.75) is 38.2 Å². The van der Waals surface area contributed by atoms with Crippen LogP contribution >= 0.6 is 15.9 Å². The summed E-state index contributed by atoms with van der Waals surface area (Å²) in [5.41, 5.74) is 0.745. The summed E-state index contributed by atoms with van der Waals surface area (Å²) >= 11 is 3.34. The third-order valence-corrected chi connectivity index (χ3v) is 3.90. The van der Waals surface area contributed by atoms with Crippen LogP contribution in [0.25, 0.3) is 0 Å². The Morgan fingerprint density at radius 3 is 2.73 bits per heavy atom. The highest BCUT2D eigenvalue weighted by atomic mass is 79.9. The normalized spacial score (nSPS) is 17.2. The van der Waals surface area contributed by atoms with Gasteiger partial charge in [0, 0.05) is 29.6 Å². The Labute approximate surface area is 138 Å². The van der Waals surface area contributed by atoms with Crippen LogP contribution in [0.5, 0.6) is 0 Å². The Kier molecular flexibility index (Phi) is 6.86. The topological polar surface area (TPSA) is 64.6 Å². The van der Waals surface area contributed by atoms with Crippen molar-refractivity contribution in [2.75, 3.05) is 18.5 Å². The first-order valence-corrected chi connectivity index (χ1v) is 8.25. The summed E-state index contributed by atoms with van der Waals surface area (Å²) in [4.78, 5) is 23.3. The van der Waals surface area contributed by atoms with Gasteiger partial charge in [-0.3, -0.25) is 9.59 Å². The molecule has 1 aromatic carbocycles. The molecule has 0 aromatic heterocycles. The second kappa shape index (κ2) is 8.90. The molecule has 0 saturated carbocycles.